The molecule has 1 aromatic carbocycles. The van der Waals surface area contributed by atoms with Crippen molar-refractivity contribution < 1.29 is 0 Å². The van der Waals surface area contributed by atoms with Gasteiger partial charge in [0.15, 0.2) is 0 Å². The van der Waals surface area contributed by atoms with Crippen molar-refractivity contribution in [1.29, 1.82) is 0 Å². The second-order valence-corrected chi connectivity index (χ2v) is 5.52. The molecule has 0 heterocycles. The highest BCUT2D eigenvalue weighted by Gasteiger charge is 2.46. The predicted molar refractivity (Wildman–Crippen MR) is 79.0 cm³/mol. The van der Waals surface area contributed by atoms with E-state index in [0.29, 0.717) is 0 Å². The van der Waals surface area contributed by atoms with E-state index in [0.717, 1.165) is 25.4 Å². The van der Waals surface area contributed by atoms with Crippen LogP contribution in [-0.2, 0) is 0 Å². The van der Waals surface area contributed by atoms with Crippen molar-refractivity contribution in [3.8, 4) is 0 Å². The average molecular weight is 246 g/mol. The molecule has 0 radical (unpaired) electrons. The summed E-state index contributed by atoms with van der Waals surface area (Å²) in [5.74, 6) is 0.786. The van der Waals surface area contributed by atoms with E-state index in [1.54, 1.807) is 0 Å². The maximum atomic E-state index is 6.16. The summed E-state index contributed by atoms with van der Waals surface area (Å²) in [4.78, 5) is 2.53. The standard InChI is InChI=1S/C16H26N2/c1-4-16(12-17,14-8-9-14)18(5-2)15-10-6-13(3)7-11-15/h6-7,10-11,14H,4-5,8-9,12,17H2,1-3H3. The molecule has 1 atom stereocenters. The van der Waals surface area contributed by atoms with Crippen LogP contribution in [-0.4, -0.2) is 18.6 Å². The van der Waals surface area contributed by atoms with Crippen LogP contribution in [0, 0.1) is 12.8 Å². The van der Waals surface area contributed by atoms with Crippen molar-refractivity contribution in [2.75, 3.05) is 18.0 Å². The third-order valence-electron chi connectivity index (χ3n) is 4.50. The van der Waals surface area contributed by atoms with Gasteiger partial charge >= 0.3 is 0 Å². The van der Waals surface area contributed by atoms with Crippen LogP contribution in [0.25, 0.3) is 0 Å². The van der Waals surface area contributed by atoms with Crippen molar-refractivity contribution in [2.24, 2.45) is 11.7 Å². The molecule has 100 valence electrons. The van der Waals surface area contributed by atoms with Gasteiger partial charge in [-0.25, -0.2) is 0 Å². The van der Waals surface area contributed by atoms with Gasteiger partial charge in [-0.1, -0.05) is 24.6 Å². The van der Waals surface area contributed by atoms with E-state index in [2.05, 4.69) is 49.9 Å². The molecule has 1 saturated carbocycles. The number of aryl methyl sites for hydroxylation is 1. The van der Waals surface area contributed by atoms with Gasteiger partial charge in [-0.3, -0.25) is 0 Å². The molecule has 1 aromatic rings. The fourth-order valence-corrected chi connectivity index (χ4v) is 3.22. The van der Waals surface area contributed by atoms with Crippen molar-refractivity contribution >= 4 is 5.69 Å². The van der Waals surface area contributed by atoms with Crippen molar-refractivity contribution in [2.45, 2.75) is 45.6 Å². The molecule has 1 unspecified atom stereocenters. The quantitative estimate of drug-likeness (QED) is 0.834. The number of hydrogen-bond donors (Lipinski definition) is 1. The second kappa shape index (κ2) is 5.31. The topological polar surface area (TPSA) is 29.3 Å². The van der Waals surface area contributed by atoms with Gasteiger partial charge in [-0.2, -0.15) is 0 Å². The van der Waals surface area contributed by atoms with E-state index in [9.17, 15) is 0 Å². The molecule has 0 amide bonds. The van der Waals surface area contributed by atoms with E-state index < -0.39 is 0 Å². The molecular weight excluding hydrogens is 220 g/mol. The van der Waals surface area contributed by atoms with Crippen LogP contribution in [0.4, 0.5) is 5.69 Å². The summed E-state index contributed by atoms with van der Waals surface area (Å²) in [6, 6.07) is 8.87. The Hall–Kier alpha value is -1.02. The molecule has 2 nitrogen and oxygen atoms in total. The largest absolute Gasteiger partial charge is 0.365 e. The Morgan fingerprint density at radius 1 is 1.22 bits per heavy atom. The molecule has 2 rings (SSSR count). The molecule has 2 N–H and O–H groups in total. The first-order chi connectivity index (χ1) is 8.67. The molecule has 2 heteroatoms. The lowest BCUT2D eigenvalue weighted by atomic mass is 9.87. The molecule has 1 aliphatic rings. The molecule has 0 bridgehead atoms. The highest BCUT2D eigenvalue weighted by atomic mass is 15.2. The first-order valence-electron chi connectivity index (χ1n) is 7.22. The Kier molecular flexibility index (Phi) is 3.96. The smallest absolute Gasteiger partial charge is 0.0549 e. The summed E-state index contributed by atoms with van der Waals surface area (Å²) in [7, 11) is 0. The molecular formula is C16H26N2. The summed E-state index contributed by atoms with van der Waals surface area (Å²) < 4.78 is 0. The van der Waals surface area contributed by atoms with Gasteiger partial charge in [0.05, 0.1) is 5.54 Å². The Morgan fingerprint density at radius 2 is 1.83 bits per heavy atom. The zero-order valence-electron chi connectivity index (χ0n) is 11.9. The number of anilines is 1. The highest BCUT2D eigenvalue weighted by molar-refractivity contribution is 5.51. The van der Waals surface area contributed by atoms with Crippen molar-refractivity contribution in [3.63, 3.8) is 0 Å². The number of nitrogens with two attached hydrogens (primary N) is 1. The lowest BCUT2D eigenvalue weighted by molar-refractivity contribution is 0.337. The second-order valence-electron chi connectivity index (χ2n) is 5.52. The van der Waals surface area contributed by atoms with E-state index in [1.807, 2.05) is 0 Å². The minimum atomic E-state index is 0.171. The maximum absolute atomic E-state index is 6.16. The van der Waals surface area contributed by atoms with Crippen LogP contribution >= 0.6 is 0 Å². The Morgan fingerprint density at radius 3 is 2.22 bits per heavy atom. The third-order valence-corrected chi connectivity index (χ3v) is 4.50. The Labute approximate surface area is 111 Å². The van der Waals surface area contributed by atoms with Gasteiger partial charge in [0.25, 0.3) is 0 Å². The van der Waals surface area contributed by atoms with Gasteiger partial charge in [0, 0.05) is 18.8 Å². The van der Waals surface area contributed by atoms with Crippen molar-refractivity contribution in [1.82, 2.24) is 0 Å². The Bertz CT molecular complexity index is 375. The molecule has 1 aliphatic carbocycles. The van der Waals surface area contributed by atoms with Crippen LogP contribution in [0.1, 0.15) is 38.7 Å². The fraction of sp³-hybridized carbons (Fsp3) is 0.625. The number of nitrogens with zero attached hydrogens (tertiary/aromatic N) is 1. The van der Waals surface area contributed by atoms with E-state index >= 15 is 0 Å². The average Bonchev–Trinajstić information content (AvgIpc) is 3.22. The number of likely N-dealkylation sites (N-methyl/N-ethyl adjacent to an activating group) is 1. The fourth-order valence-electron chi connectivity index (χ4n) is 3.22. The number of benzene rings is 1. The van der Waals surface area contributed by atoms with Crippen LogP contribution < -0.4 is 10.6 Å². The first-order valence-corrected chi connectivity index (χ1v) is 7.22. The molecule has 0 aromatic heterocycles. The molecule has 0 saturated heterocycles. The Balaban J connectivity index is 2.33. The lowest BCUT2D eigenvalue weighted by Crippen LogP contribution is -2.55. The normalized spacial score (nSPS) is 18.4. The van der Waals surface area contributed by atoms with Crippen LogP contribution in [0.5, 0.6) is 0 Å². The minimum absolute atomic E-state index is 0.171. The number of rotatable bonds is 6. The van der Waals surface area contributed by atoms with Gasteiger partial charge < -0.3 is 10.6 Å². The number of hydrogen-bond acceptors (Lipinski definition) is 2. The van der Waals surface area contributed by atoms with Gasteiger partial charge in [0.1, 0.15) is 0 Å². The van der Waals surface area contributed by atoms with E-state index in [1.165, 1.54) is 24.1 Å². The van der Waals surface area contributed by atoms with E-state index in [-0.39, 0.29) is 5.54 Å². The summed E-state index contributed by atoms with van der Waals surface area (Å²) in [5.41, 5.74) is 8.97. The summed E-state index contributed by atoms with van der Waals surface area (Å²) >= 11 is 0. The van der Waals surface area contributed by atoms with Gasteiger partial charge in [0.2, 0.25) is 0 Å². The predicted octanol–water partition coefficient (Wildman–Crippen LogP) is 3.34. The summed E-state index contributed by atoms with van der Waals surface area (Å²) in [6.45, 7) is 8.45. The molecule has 1 fully saturated rings. The highest BCUT2D eigenvalue weighted by Crippen LogP contribution is 2.46. The maximum Gasteiger partial charge on any atom is 0.0549 e. The SMILES string of the molecule is CCN(c1ccc(C)cc1)C(CC)(CN)C1CC1. The van der Waals surface area contributed by atoms with Crippen molar-refractivity contribution in [3.05, 3.63) is 29.8 Å². The molecule has 0 aliphatic heterocycles. The summed E-state index contributed by atoms with van der Waals surface area (Å²) in [6.07, 6.45) is 3.82. The van der Waals surface area contributed by atoms with Crippen LogP contribution in [0.2, 0.25) is 0 Å². The van der Waals surface area contributed by atoms with Gasteiger partial charge in [-0.05, 0) is 51.2 Å². The molecule has 0 spiro atoms. The zero-order chi connectivity index (χ0) is 13.2. The zero-order valence-corrected chi connectivity index (χ0v) is 11.9. The minimum Gasteiger partial charge on any atom is -0.365 e. The lowest BCUT2D eigenvalue weighted by Gasteiger charge is -2.45. The van der Waals surface area contributed by atoms with Gasteiger partial charge in [-0.15, -0.1) is 0 Å². The molecule has 18 heavy (non-hydrogen) atoms. The third kappa shape index (κ3) is 2.26. The van der Waals surface area contributed by atoms with Crippen LogP contribution in [0.3, 0.4) is 0 Å². The monoisotopic (exact) mass is 246 g/mol. The first kappa shape index (κ1) is 13.4. The summed E-state index contributed by atoms with van der Waals surface area (Å²) in [5, 5.41) is 0. The van der Waals surface area contributed by atoms with Crippen LogP contribution in [0.15, 0.2) is 24.3 Å². The van der Waals surface area contributed by atoms with E-state index in [4.69, 9.17) is 5.73 Å².